The zero-order valence-corrected chi connectivity index (χ0v) is 4.95. The second-order valence-corrected chi connectivity index (χ2v) is 1.11. The van der Waals surface area contributed by atoms with Crippen molar-refractivity contribution in [3.05, 3.63) is 0 Å². The van der Waals surface area contributed by atoms with Gasteiger partial charge in [0.2, 0.25) is 0 Å². The molecule has 4 nitrogen and oxygen atoms in total. The Labute approximate surface area is 43.6 Å². The van der Waals surface area contributed by atoms with Gasteiger partial charge < -0.3 is 5.32 Å². The van der Waals surface area contributed by atoms with Gasteiger partial charge in [-0.2, -0.15) is 0 Å². The van der Waals surface area contributed by atoms with Crippen molar-refractivity contribution in [2.24, 2.45) is 0 Å². The fourth-order valence-corrected chi connectivity index (χ4v) is 0. The van der Waals surface area contributed by atoms with Crippen LogP contribution in [0.2, 0.25) is 0 Å². The van der Waals surface area contributed by atoms with Gasteiger partial charge in [0, 0.05) is 0 Å². The average molecular weight is 125 g/mol. The maximum atomic E-state index is 8.44. The van der Waals surface area contributed by atoms with E-state index in [-0.39, 0.29) is 0 Å². The molecule has 0 atom stereocenters. The van der Waals surface area contributed by atoms with Crippen LogP contribution < -0.4 is 5.32 Å². The fourth-order valence-electron chi connectivity index (χ4n) is 0. The highest BCUT2D eigenvalue weighted by Crippen LogP contribution is 1.07. The van der Waals surface area contributed by atoms with Gasteiger partial charge in [0.15, 0.2) is 0 Å². The van der Waals surface area contributed by atoms with Crippen molar-refractivity contribution in [1.29, 1.82) is 0 Å². The molecule has 0 fully saturated rings. The normalized spacial score (nSPS) is 6.00. The largest absolute Gasteiger partial charge is 0.425 e. The zero-order chi connectivity index (χ0) is 6.28. The lowest BCUT2D eigenvalue weighted by Crippen LogP contribution is -1.89. The van der Waals surface area contributed by atoms with Crippen LogP contribution in [-0.4, -0.2) is 26.7 Å². The van der Waals surface area contributed by atoms with Gasteiger partial charge in [0.05, 0.1) is 0 Å². The van der Waals surface area contributed by atoms with Gasteiger partial charge in [-0.05, 0) is 14.1 Å². The number of rotatable bonds is 0. The molecule has 0 rings (SSSR count). The molecule has 0 amide bonds. The van der Waals surface area contributed by atoms with Crippen molar-refractivity contribution in [3.8, 4) is 0 Å². The Morgan fingerprint density at radius 1 is 1.14 bits per heavy atom. The Balaban J connectivity index is 0. The highest BCUT2D eigenvalue weighted by Gasteiger charge is 1.40. The van der Waals surface area contributed by atoms with Crippen molar-refractivity contribution in [3.63, 3.8) is 0 Å². The molecule has 0 aliphatic carbocycles. The second kappa shape index (κ2) is 9.13. The first kappa shape index (κ1) is 9.77. The molecule has 0 spiro atoms. The lowest BCUT2D eigenvalue weighted by atomic mass is 11.3. The quantitative estimate of drug-likeness (QED) is 0.443. The molecule has 0 aliphatic rings. The molecule has 0 aromatic carbocycles. The Morgan fingerprint density at radius 2 is 1.14 bits per heavy atom. The third-order valence-electron chi connectivity index (χ3n) is 0. The summed E-state index contributed by atoms with van der Waals surface area (Å²) in [5, 5.41) is 2.75. The van der Waals surface area contributed by atoms with Crippen LogP contribution in [0.15, 0.2) is 0 Å². The molecule has 0 bridgehead atoms. The van der Waals surface area contributed by atoms with Gasteiger partial charge in [0.1, 0.15) is 0 Å². The van der Waals surface area contributed by atoms with Gasteiger partial charge >= 0.3 is 10.6 Å². The number of hydrogen-bond donors (Lipinski definition) is 1. The van der Waals surface area contributed by atoms with E-state index in [1.165, 1.54) is 0 Å². The highest BCUT2D eigenvalue weighted by atomic mass is 32.2. The van der Waals surface area contributed by atoms with Gasteiger partial charge in [-0.15, -0.1) is 12.6 Å². The minimum Gasteiger partial charge on any atom is -0.323 e. The SMILES string of the molecule is CNC.O=S(=O)=O. The Morgan fingerprint density at radius 3 is 1.14 bits per heavy atom. The van der Waals surface area contributed by atoms with Gasteiger partial charge in [-0.3, -0.25) is 0 Å². The van der Waals surface area contributed by atoms with Crippen molar-refractivity contribution in [2.75, 3.05) is 14.1 Å². The maximum Gasteiger partial charge on any atom is 0.425 e. The summed E-state index contributed by atoms with van der Waals surface area (Å²) in [5.41, 5.74) is 0. The highest BCUT2D eigenvalue weighted by molar-refractivity contribution is 7.59. The second-order valence-electron chi connectivity index (χ2n) is 0.704. The molecule has 44 valence electrons. The Hall–Kier alpha value is -0.420. The van der Waals surface area contributed by atoms with Gasteiger partial charge in [0.25, 0.3) is 0 Å². The van der Waals surface area contributed by atoms with Crippen LogP contribution >= 0.6 is 0 Å². The smallest absolute Gasteiger partial charge is 0.323 e. The summed E-state index contributed by atoms with van der Waals surface area (Å²) in [5.74, 6) is 0. The minimum atomic E-state index is -3.11. The van der Waals surface area contributed by atoms with E-state index in [9.17, 15) is 0 Å². The molecule has 0 aromatic rings. The first-order chi connectivity index (χ1) is 3.15. The van der Waals surface area contributed by atoms with Crippen LogP contribution in [0.3, 0.4) is 0 Å². The molecule has 1 N–H and O–H groups in total. The van der Waals surface area contributed by atoms with Crippen LogP contribution in [0, 0.1) is 0 Å². The van der Waals surface area contributed by atoms with Crippen LogP contribution in [-0.2, 0) is 10.6 Å². The van der Waals surface area contributed by atoms with Crippen molar-refractivity contribution in [2.45, 2.75) is 0 Å². The molecule has 7 heavy (non-hydrogen) atoms. The van der Waals surface area contributed by atoms with Gasteiger partial charge in [-0.25, -0.2) is 0 Å². The molecule has 0 aliphatic heterocycles. The third kappa shape index (κ3) is 405. The maximum absolute atomic E-state index is 8.44. The fraction of sp³-hybridized carbons (Fsp3) is 1.00. The molecule has 0 heterocycles. The third-order valence-corrected chi connectivity index (χ3v) is 0. The van der Waals surface area contributed by atoms with E-state index in [0.29, 0.717) is 0 Å². The molecule has 0 unspecified atom stereocenters. The van der Waals surface area contributed by atoms with E-state index in [1.54, 1.807) is 0 Å². The lowest BCUT2D eigenvalue weighted by molar-refractivity contribution is 0.559. The van der Waals surface area contributed by atoms with Gasteiger partial charge in [-0.1, -0.05) is 0 Å². The number of nitrogens with one attached hydrogen (secondary N) is 1. The topological polar surface area (TPSA) is 63.2 Å². The standard InChI is InChI=1S/C2H7N.O3S/c1-3-2;1-4(2)3/h3H,1-2H3;. The van der Waals surface area contributed by atoms with E-state index >= 15 is 0 Å². The summed E-state index contributed by atoms with van der Waals surface area (Å²) < 4.78 is 25.3. The Kier molecular flexibility index (Phi) is 12.7. The van der Waals surface area contributed by atoms with Crippen LogP contribution in [0.5, 0.6) is 0 Å². The predicted molar refractivity (Wildman–Crippen MR) is 24.7 cm³/mol. The summed E-state index contributed by atoms with van der Waals surface area (Å²) in [6.45, 7) is 0. The van der Waals surface area contributed by atoms with Crippen molar-refractivity contribution < 1.29 is 12.6 Å². The summed E-state index contributed by atoms with van der Waals surface area (Å²) in [6, 6.07) is 0. The monoisotopic (exact) mass is 125 g/mol. The molecular formula is C2H7NO3S. The summed E-state index contributed by atoms with van der Waals surface area (Å²) >= 11 is 0. The summed E-state index contributed by atoms with van der Waals surface area (Å²) in [6.07, 6.45) is 0. The first-order valence-corrected chi connectivity index (χ1v) is 2.50. The molecule has 0 radical (unpaired) electrons. The summed E-state index contributed by atoms with van der Waals surface area (Å²) in [7, 11) is 0.639. The van der Waals surface area contributed by atoms with E-state index < -0.39 is 10.6 Å². The van der Waals surface area contributed by atoms with Crippen molar-refractivity contribution >= 4 is 10.6 Å². The van der Waals surface area contributed by atoms with E-state index in [2.05, 4.69) is 5.32 Å². The zero-order valence-electron chi connectivity index (χ0n) is 4.13. The molecule has 0 aromatic heterocycles. The molecule has 5 heteroatoms. The lowest BCUT2D eigenvalue weighted by Gasteiger charge is -1.59. The van der Waals surface area contributed by atoms with Crippen molar-refractivity contribution in [1.82, 2.24) is 5.32 Å². The Bertz CT molecular complexity index is 93.1. The van der Waals surface area contributed by atoms with E-state index in [1.807, 2.05) is 14.1 Å². The molecule has 0 saturated heterocycles. The molecular weight excluding hydrogens is 118 g/mol. The molecule has 0 saturated carbocycles. The number of hydrogen-bond acceptors (Lipinski definition) is 4. The van der Waals surface area contributed by atoms with E-state index in [4.69, 9.17) is 12.6 Å². The van der Waals surface area contributed by atoms with Crippen LogP contribution in [0.1, 0.15) is 0 Å². The summed E-state index contributed by atoms with van der Waals surface area (Å²) in [4.78, 5) is 0. The van der Waals surface area contributed by atoms with Crippen LogP contribution in [0.4, 0.5) is 0 Å². The average Bonchev–Trinajstić information content (AvgIpc) is 1.33. The first-order valence-electron chi connectivity index (χ1n) is 1.50. The minimum absolute atomic E-state index is 1.88. The van der Waals surface area contributed by atoms with Crippen LogP contribution in [0.25, 0.3) is 0 Å². The van der Waals surface area contributed by atoms with E-state index in [0.717, 1.165) is 0 Å². The predicted octanol–water partition coefficient (Wildman–Crippen LogP) is -1.17.